The Balaban J connectivity index is 0.000000720. The molecule has 0 aliphatic heterocycles. The SMILES string of the molecule is Cl.NCc1cccc2[nH]ccc12. The first-order chi connectivity index (χ1) is 5.42. The van der Waals surface area contributed by atoms with Crippen LogP contribution in [0, 0.1) is 0 Å². The number of halogens is 1. The molecule has 0 spiro atoms. The van der Waals surface area contributed by atoms with Gasteiger partial charge >= 0.3 is 0 Å². The number of hydrogen-bond donors (Lipinski definition) is 2. The molecule has 0 unspecified atom stereocenters. The van der Waals surface area contributed by atoms with E-state index in [9.17, 15) is 0 Å². The van der Waals surface area contributed by atoms with Gasteiger partial charge in [-0.15, -0.1) is 12.4 Å². The fourth-order valence-corrected chi connectivity index (χ4v) is 1.33. The summed E-state index contributed by atoms with van der Waals surface area (Å²) in [5, 5.41) is 1.23. The van der Waals surface area contributed by atoms with Gasteiger partial charge < -0.3 is 10.7 Å². The molecule has 0 bridgehead atoms. The van der Waals surface area contributed by atoms with Crippen LogP contribution in [0.15, 0.2) is 30.5 Å². The highest BCUT2D eigenvalue weighted by Crippen LogP contribution is 2.16. The molecule has 3 heteroatoms. The van der Waals surface area contributed by atoms with Gasteiger partial charge in [0.2, 0.25) is 0 Å². The molecule has 12 heavy (non-hydrogen) atoms. The minimum Gasteiger partial charge on any atom is -0.361 e. The van der Waals surface area contributed by atoms with Crippen LogP contribution < -0.4 is 5.73 Å². The molecule has 1 heterocycles. The molecular formula is C9H11ClN2. The smallest absolute Gasteiger partial charge is 0.0457 e. The molecule has 0 aliphatic carbocycles. The number of aromatic amines is 1. The second-order valence-corrected chi connectivity index (χ2v) is 2.56. The third-order valence-corrected chi connectivity index (χ3v) is 1.91. The lowest BCUT2D eigenvalue weighted by Crippen LogP contribution is -1.95. The van der Waals surface area contributed by atoms with Gasteiger partial charge in [0.15, 0.2) is 0 Å². The molecule has 1 aromatic heterocycles. The highest BCUT2D eigenvalue weighted by Gasteiger charge is 1.97. The summed E-state index contributed by atoms with van der Waals surface area (Å²) in [4.78, 5) is 3.14. The average molecular weight is 183 g/mol. The summed E-state index contributed by atoms with van der Waals surface area (Å²) in [5.74, 6) is 0. The van der Waals surface area contributed by atoms with Crippen molar-refractivity contribution in [2.75, 3.05) is 0 Å². The molecule has 2 aromatic rings. The fourth-order valence-electron chi connectivity index (χ4n) is 1.33. The Morgan fingerprint density at radius 1 is 1.25 bits per heavy atom. The Hall–Kier alpha value is -0.990. The van der Waals surface area contributed by atoms with Gasteiger partial charge in [0.05, 0.1) is 0 Å². The van der Waals surface area contributed by atoms with Crippen LogP contribution in [0.3, 0.4) is 0 Å². The maximum atomic E-state index is 5.56. The monoisotopic (exact) mass is 182 g/mol. The molecule has 1 aromatic carbocycles. The molecule has 0 aliphatic rings. The highest BCUT2D eigenvalue weighted by molar-refractivity contribution is 5.85. The zero-order valence-corrected chi connectivity index (χ0v) is 7.40. The van der Waals surface area contributed by atoms with Crippen molar-refractivity contribution in [1.82, 2.24) is 4.98 Å². The van der Waals surface area contributed by atoms with E-state index in [1.165, 1.54) is 10.9 Å². The number of aromatic nitrogens is 1. The second kappa shape index (κ2) is 3.61. The van der Waals surface area contributed by atoms with Crippen molar-refractivity contribution in [3.05, 3.63) is 36.0 Å². The molecule has 2 nitrogen and oxygen atoms in total. The molecule has 3 N–H and O–H groups in total. The Bertz CT molecular complexity index is 367. The minimum atomic E-state index is 0. The van der Waals surface area contributed by atoms with E-state index >= 15 is 0 Å². The van der Waals surface area contributed by atoms with E-state index in [1.807, 2.05) is 12.3 Å². The van der Waals surface area contributed by atoms with Crippen molar-refractivity contribution in [1.29, 1.82) is 0 Å². The molecular weight excluding hydrogens is 172 g/mol. The Morgan fingerprint density at radius 3 is 2.83 bits per heavy atom. The van der Waals surface area contributed by atoms with Crippen molar-refractivity contribution < 1.29 is 0 Å². The van der Waals surface area contributed by atoms with Crippen LogP contribution >= 0.6 is 12.4 Å². The first-order valence-electron chi connectivity index (χ1n) is 3.67. The quantitative estimate of drug-likeness (QED) is 0.697. The molecule has 0 saturated carbocycles. The maximum Gasteiger partial charge on any atom is 0.0457 e. The van der Waals surface area contributed by atoms with Crippen LogP contribution in [0.4, 0.5) is 0 Å². The molecule has 0 saturated heterocycles. The third kappa shape index (κ3) is 1.31. The number of nitrogens with two attached hydrogens (primary N) is 1. The Kier molecular flexibility index (Phi) is 2.74. The van der Waals surface area contributed by atoms with Gasteiger partial charge in [-0.2, -0.15) is 0 Å². The first-order valence-corrected chi connectivity index (χ1v) is 3.67. The zero-order valence-electron chi connectivity index (χ0n) is 6.58. The summed E-state index contributed by atoms with van der Waals surface area (Å²) >= 11 is 0. The van der Waals surface area contributed by atoms with Gasteiger partial charge in [-0.25, -0.2) is 0 Å². The average Bonchev–Trinajstić information content (AvgIpc) is 2.50. The summed E-state index contributed by atoms with van der Waals surface area (Å²) in [6.45, 7) is 0.606. The van der Waals surface area contributed by atoms with Gasteiger partial charge in [-0.1, -0.05) is 12.1 Å². The summed E-state index contributed by atoms with van der Waals surface area (Å²) in [6.07, 6.45) is 1.93. The number of hydrogen-bond acceptors (Lipinski definition) is 1. The lowest BCUT2D eigenvalue weighted by Gasteiger charge is -1.96. The van der Waals surface area contributed by atoms with Crippen molar-refractivity contribution in [3.63, 3.8) is 0 Å². The van der Waals surface area contributed by atoms with E-state index in [0.717, 1.165) is 5.52 Å². The lowest BCUT2D eigenvalue weighted by molar-refractivity contribution is 1.09. The van der Waals surface area contributed by atoms with Crippen molar-refractivity contribution in [2.45, 2.75) is 6.54 Å². The summed E-state index contributed by atoms with van der Waals surface area (Å²) in [7, 11) is 0. The van der Waals surface area contributed by atoms with Gasteiger partial charge in [0.1, 0.15) is 0 Å². The van der Waals surface area contributed by atoms with Crippen LogP contribution in [0.5, 0.6) is 0 Å². The van der Waals surface area contributed by atoms with Crippen molar-refractivity contribution in [3.8, 4) is 0 Å². The standard InChI is InChI=1S/C9H10N2.ClH/c10-6-7-2-1-3-9-8(7)4-5-11-9;/h1-5,11H,6,10H2;1H. The topological polar surface area (TPSA) is 41.8 Å². The maximum absolute atomic E-state index is 5.56. The van der Waals surface area contributed by atoms with E-state index in [-0.39, 0.29) is 12.4 Å². The van der Waals surface area contributed by atoms with Crippen LogP contribution in [-0.4, -0.2) is 4.98 Å². The van der Waals surface area contributed by atoms with Crippen LogP contribution in [0.1, 0.15) is 5.56 Å². The van der Waals surface area contributed by atoms with Crippen molar-refractivity contribution in [2.24, 2.45) is 5.73 Å². The Labute approximate surface area is 77.2 Å². The Morgan fingerprint density at radius 2 is 2.08 bits per heavy atom. The number of benzene rings is 1. The van der Waals surface area contributed by atoms with Crippen molar-refractivity contribution >= 4 is 23.3 Å². The molecule has 0 atom stereocenters. The minimum absolute atomic E-state index is 0. The normalized spacial score (nSPS) is 9.75. The summed E-state index contributed by atoms with van der Waals surface area (Å²) < 4.78 is 0. The van der Waals surface area contributed by atoms with E-state index in [1.54, 1.807) is 0 Å². The van der Waals surface area contributed by atoms with Gasteiger partial charge in [-0.05, 0) is 17.7 Å². The zero-order chi connectivity index (χ0) is 7.68. The molecule has 64 valence electrons. The molecule has 0 amide bonds. The van der Waals surface area contributed by atoms with Crippen LogP contribution in [0.2, 0.25) is 0 Å². The van der Waals surface area contributed by atoms with Gasteiger partial charge in [0.25, 0.3) is 0 Å². The van der Waals surface area contributed by atoms with Gasteiger partial charge in [0, 0.05) is 23.6 Å². The lowest BCUT2D eigenvalue weighted by atomic mass is 10.1. The summed E-state index contributed by atoms with van der Waals surface area (Å²) in [6, 6.07) is 8.17. The van der Waals surface area contributed by atoms with Crippen LogP contribution in [-0.2, 0) is 6.54 Å². The summed E-state index contributed by atoms with van der Waals surface area (Å²) in [5.41, 5.74) is 7.92. The molecule has 0 fully saturated rings. The van der Waals surface area contributed by atoms with E-state index in [4.69, 9.17) is 5.73 Å². The van der Waals surface area contributed by atoms with E-state index < -0.39 is 0 Å². The van der Waals surface area contributed by atoms with Crippen LogP contribution in [0.25, 0.3) is 10.9 Å². The fraction of sp³-hybridized carbons (Fsp3) is 0.111. The molecule has 2 rings (SSSR count). The number of H-pyrrole nitrogens is 1. The van der Waals surface area contributed by atoms with E-state index in [0.29, 0.717) is 6.54 Å². The second-order valence-electron chi connectivity index (χ2n) is 2.56. The predicted molar refractivity (Wildman–Crippen MR) is 53.4 cm³/mol. The predicted octanol–water partition coefficient (Wildman–Crippen LogP) is 2.05. The molecule has 0 radical (unpaired) electrons. The number of fused-ring (bicyclic) bond motifs is 1. The number of rotatable bonds is 1. The largest absolute Gasteiger partial charge is 0.361 e. The highest BCUT2D eigenvalue weighted by atomic mass is 35.5. The van der Waals surface area contributed by atoms with E-state index in [2.05, 4.69) is 23.2 Å². The first kappa shape index (κ1) is 9.10. The van der Waals surface area contributed by atoms with Gasteiger partial charge in [-0.3, -0.25) is 0 Å². The number of nitrogens with one attached hydrogen (secondary N) is 1. The third-order valence-electron chi connectivity index (χ3n) is 1.91.